The van der Waals surface area contributed by atoms with Crippen LogP contribution in [0.1, 0.15) is 0 Å². The third-order valence-corrected chi connectivity index (χ3v) is 9.53. The van der Waals surface area contributed by atoms with E-state index in [1.165, 1.54) is 92.7 Å². The zero-order valence-electron chi connectivity index (χ0n) is 23.9. The summed E-state index contributed by atoms with van der Waals surface area (Å²) in [5.41, 5.74) is 9.71. The molecule has 2 heteroatoms. The van der Waals surface area contributed by atoms with Crippen LogP contribution >= 0.6 is 0 Å². The molecule has 0 aliphatic carbocycles. The van der Waals surface area contributed by atoms with Crippen LogP contribution in [-0.2, 0) is 0 Å². The molecule has 44 heavy (non-hydrogen) atoms. The Morgan fingerprint density at radius 1 is 0.318 bits per heavy atom. The molecule has 2 N–H and O–H groups in total. The average Bonchev–Trinajstić information content (AvgIpc) is 3.65. The number of nitrogens with one attached hydrogen (secondary N) is 2. The van der Waals surface area contributed by atoms with Crippen LogP contribution in [0.5, 0.6) is 0 Å². The maximum Gasteiger partial charge on any atom is 0.0544 e. The molecule has 0 aliphatic rings. The largest absolute Gasteiger partial charge is 0.354 e. The highest BCUT2D eigenvalue weighted by Gasteiger charge is 2.19. The SMILES string of the molecule is c1ccc2c(c1)ccc1c3ccc(-c4c5ccccc5c(-c5cccc6c5[nH]c5ccccc56)c5ccccc45)cc3[nH]c21. The van der Waals surface area contributed by atoms with E-state index in [9.17, 15) is 0 Å². The summed E-state index contributed by atoms with van der Waals surface area (Å²) in [6.45, 7) is 0. The molecule has 2 nitrogen and oxygen atoms in total. The Labute approximate surface area is 253 Å². The van der Waals surface area contributed by atoms with Gasteiger partial charge in [0.25, 0.3) is 0 Å². The normalized spacial score (nSPS) is 12.1. The van der Waals surface area contributed by atoms with Gasteiger partial charge in [-0.25, -0.2) is 0 Å². The van der Waals surface area contributed by atoms with E-state index >= 15 is 0 Å². The monoisotopic (exact) mass is 558 g/mol. The Bertz CT molecular complexity index is 2720. The van der Waals surface area contributed by atoms with Crippen LogP contribution in [0.15, 0.2) is 146 Å². The molecule has 2 heterocycles. The molecule has 0 bridgehead atoms. The second-order valence-electron chi connectivity index (χ2n) is 11.8. The second-order valence-corrected chi connectivity index (χ2v) is 11.8. The van der Waals surface area contributed by atoms with Gasteiger partial charge < -0.3 is 9.97 Å². The molecule has 10 rings (SSSR count). The third kappa shape index (κ3) is 3.20. The lowest BCUT2D eigenvalue weighted by molar-refractivity contribution is 1.54. The lowest BCUT2D eigenvalue weighted by Gasteiger charge is -2.18. The van der Waals surface area contributed by atoms with Gasteiger partial charge in [0.15, 0.2) is 0 Å². The van der Waals surface area contributed by atoms with E-state index in [4.69, 9.17) is 0 Å². The first-order valence-corrected chi connectivity index (χ1v) is 15.2. The van der Waals surface area contributed by atoms with E-state index in [1.807, 2.05) is 0 Å². The van der Waals surface area contributed by atoms with Gasteiger partial charge in [0.2, 0.25) is 0 Å². The summed E-state index contributed by atoms with van der Waals surface area (Å²) in [5, 5.41) is 12.6. The highest BCUT2D eigenvalue weighted by Crippen LogP contribution is 2.46. The van der Waals surface area contributed by atoms with Crippen LogP contribution in [-0.4, -0.2) is 9.97 Å². The van der Waals surface area contributed by atoms with Gasteiger partial charge in [-0.15, -0.1) is 0 Å². The Kier molecular flexibility index (Phi) is 4.75. The predicted molar refractivity (Wildman–Crippen MR) is 189 cm³/mol. The van der Waals surface area contributed by atoms with Gasteiger partial charge in [-0.05, 0) is 55.8 Å². The van der Waals surface area contributed by atoms with E-state index in [0.29, 0.717) is 0 Å². The number of aromatic amines is 2. The molecule has 0 spiro atoms. The average molecular weight is 559 g/mol. The molecule has 0 amide bonds. The molecule has 0 saturated heterocycles. The summed E-state index contributed by atoms with van der Waals surface area (Å²) in [4.78, 5) is 7.56. The summed E-state index contributed by atoms with van der Waals surface area (Å²) in [7, 11) is 0. The van der Waals surface area contributed by atoms with E-state index in [0.717, 1.165) is 5.52 Å². The number of H-pyrrole nitrogens is 2. The molecule has 0 radical (unpaired) electrons. The van der Waals surface area contributed by atoms with Crippen molar-refractivity contribution in [2.45, 2.75) is 0 Å². The van der Waals surface area contributed by atoms with Gasteiger partial charge in [0.1, 0.15) is 0 Å². The summed E-state index contributed by atoms with van der Waals surface area (Å²) in [6.07, 6.45) is 0. The standard InChI is InChI=1S/C42H26N2/c1-2-11-27-25(10-1)20-23-35-29-22-21-26(24-38(29)44-41(27)35)39-30-13-3-5-15-32(30)40(33-16-6-4-14-31(33)39)36-18-9-17-34-28-12-7-8-19-37(28)43-42(34)36/h1-24,43-44H. The first-order chi connectivity index (χ1) is 21.8. The summed E-state index contributed by atoms with van der Waals surface area (Å²) >= 11 is 0. The molecule has 0 fully saturated rings. The van der Waals surface area contributed by atoms with Gasteiger partial charge in [-0.3, -0.25) is 0 Å². The third-order valence-electron chi connectivity index (χ3n) is 9.53. The van der Waals surface area contributed by atoms with E-state index in [1.54, 1.807) is 0 Å². The second kappa shape index (κ2) is 8.82. The zero-order chi connectivity index (χ0) is 28.8. The van der Waals surface area contributed by atoms with Gasteiger partial charge >= 0.3 is 0 Å². The van der Waals surface area contributed by atoms with Gasteiger partial charge in [-0.2, -0.15) is 0 Å². The minimum absolute atomic E-state index is 1.16. The number of benzene rings is 8. The maximum absolute atomic E-state index is 3.79. The molecular weight excluding hydrogens is 532 g/mol. The molecule has 0 saturated carbocycles. The van der Waals surface area contributed by atoms with Crippen LogP contribution in [0.3, 0.4) is 0 Å². The van der Waals surface area contributed by atoms with Crippen molar-refractivity contribution in [2.24, 2.45) is 0 Å². The van der Waals surface area contributed by atoms with E-state index < -0.39 is 0 Å². The first kappa shape index (κ1) is 23.7. The van der Waals surface area contributed by atoms with Crippen molar-refractivity contribution in [3.63, 3.8) is 0 Å². The topological polar surface area (TPSA) is 31.6 Å². The molecule has 10 aromatic rings. The van der Waals surface area contributed by atoms with Crippen molar-refractivity contribution >= 4 is 75.9 Å². The minimum atomic E-state index is 1.16. The van der Waals surface area contributed by atoms with Crippen LogP contribution in [0.2, 0.25) is 0 Å². The number of aromatic nitrogens is 2. The predicted octanol–water partition coefficient (Wildman–Crippen LogP) is 11.7. The maximum atomic E-state index is 3.79. The van der Waals surface area contributed by atoms with Crippen molar-refractivity contribution in [3.8, 4) is 22.3 Å². The summed E-state index contributed by atoms with van der Waals surface area (Å²) < 4.78 is 0. The molecule has 0 atom stereocenters. The van der Waals surface area contributed by atoms with Crippen molar-refractivity contribution in [2.75, 3.05) is 0 Å². The van der Waals surface area contributed by atoms with Crippen LogP contribution < -0.4 is 0 Å². The number of fused-ring (bicyclic) bond motifs is 10. The summed E-state index contributed by atoms with van der Waals surface area (Å²) in [5.74, 6) is 0. The van der Waals surface area contributed by atoms with Crippen LogP contribution in [0.4, 0.5) is 0 Å². The molecular formula is C42H26N2. The lowest BCUT2D eigenvalue weighted by Crippen LogP contribution is -1.91. The molecule has 0 unspecified atom stereocenters. The molecule has 8 aromatic carbocycles. The van der Waals surface area contributed by atoms with Crippen LogP contribution in [0, 0.1) is 0 Å². The highest BCUT2D eigenvalue weighted by molar-refractivity contribution is 6.25. The van der Waals surface area contributed by atoms with E-state index in [-0.39, 0.29) is 0 Å². The van der Waals surface area contributed by atoms with Crippen molar-refractivity contribution in [1.29, 1.82) is 0 Å². The molecule has 204 valence electrons. The van der Waals surface area contributed by atoms with Crippen molar-refractivity contribution < 1.29 is 0 Å². The fourth-order valence-corrected chi connectivity index (χ4v) is 7.61. The van der Waals surface area contributed by atoms with Gasteiger partial charge in [0.05, 0.1) is 11.0 Å². The van der Waals surface area contributed by atoms with Gasteiger partial charge in [0, 0.05) is 43.5 Å². The number of rotatable bonds is 2. The fourth-order valence-electron chi connectivity index (χ4n) is 7.61. The Morgan fingerprint density at radius 2 is 0.864 bits per heavy atom. The molecule has 2 aromatic heterocycles. The number of hydrogen-bond acceptors (Lipinski definition) is 0. The van der Waals surface area contributed by atoms with Gasteiger partial charge in [-0.1, -0.05) is 133 Å². The quantitative estimate of drug-likeness (QED) is 0.198. The van der Waals surface area contributed by atoms with Crippen LogP contribution in [0.25, 0.3) is 98.2 Å². The van der Waals surface area contributed by atoms with Crippen molar-refractivity contribution in [3.05, 3.63) is 146 Å². The molecule has 0 aliphatic heterocycles. The minimum Gasteiger partial charge on any atom is -0.354 e. The smallest absolute Gasteiger partial charge is 0.0544 e. The summed E-state index contributed by atoms with van der Waals surface area (Å²) in [6, 6.07) is 53.2. The Hall–Kier alpha value is -5.86. The highest BCUT2D eigenvalue weighted by atomic mass is 14.7. The Balaban J connectivity index is 1.29. The number of hydrogen-bond donors (Lipinski definition) is 2. The number of para-hydroxylation sites is 2. The van der Waals surface area contributed by atoms with Crippen molar-refractivity contribution in [1.82, 2.24) is 9.97 Å². The lowest BCUT2D eigenvalue weighted by atomic mass is 9.85. The van der Waals surface area contributed by atoms with E-state index in [2.05, 4.69) is 156 Å². The Morgan fingerprint density at radius 3 is 1.64 bits per heavy atom. The zero-order valence-corrected chi connectivity index (χ0v) is 23.9. The first-order valence-electron chi connectivity index (χ1n) is 15.2. The fraction of sp³-hybridized carbons (Fsp3) is 0.